The molecule has 0 spiro atoms. The Labute approximate surface area is 171 Å². The lowest BCUT2D eigenvalue weighted by Gasteiger charge is -2.25. The second-order valence-corrected chi connectivity index (χ2v) is 7.10. The van der Waals surface area contributed by atoms with Gasteiger partial charge in [0.05, 0.1) is 6.54 Å². The maximum atomic E-state index is 4.47. The molecule has 4 rings (SSSR count). The van der Waals surface area contributed by atoms with Crippen molar-refractivity contribution in [3.8, 4) is 0 Å². The molecular formula is C19H27IN6. The summed E-state index contributed by atoms with van der Waals surface area (Å²) in [6.07, 6.45) is 3.29. The third kappa shape index (κ3) is 4.36. The average Bonchev–Trinajstić information content (AvgIpc) is 3.32. The molecule has 0 amide bonds. The van der Waals surface area contributed by atoms with Gasteiger partial charge in [-0.05, 0) is 37.2 Å². The summed E-state index contributed by atoms with van der Waals surface area (Å²) in [5.74, 6) is 4.25. The lowest BCUT2D eigenvalue weighted by atomic mass is 10.1. The maximum absolute atomic E-state index is 4.47. The Balaban J connectivity index is 0.00000196. The molecular weight excluding hydrogens is 439 g/mol. The van der Waals surface area contributed by atoms with Crippen molar-refractivity contribution in [2.24, 2.45) is 10.9 Å². The van der Waals surface area contributed by atoms with Crippen molar-refractivity contribution in [3.63, 3.8) is 0 Å². The number of hydrogen-bond donors (Lipinski definition) is 2. The normalized spacial score (nSPS) is 24.4. The maximum Gasteiger partial charge on any atom is 0.191 e. The SMILES string of the molecule is CN=C(NCC1CC1c1ccccc1)NC1CCc2nc(C)nn2C1.I. The highest BCUT2D eigenvalue weighted by Gasteiger charge is 2.37. The molecule has 1 aromatic carbocycles. The molecule has 1 saturated carbocycles. The average molecular weight is 466 g/mol. The van der Waals surface area contributed by atoms with Crippen LogP contribution in [0.3, 0.4) is 0 Å². The van der Waals surface area contributed by atoms with Gasteiger partial charge in [-0.15, -0.1) is 24.0 Å². The molecule has 2 heterocycles. The van der Waals surface area contributed by atoms with E-state index < -0.39 is 0 Å². The molecule has 1 aromatic heterocycles. The van der Waals surface area contributed by atoms with E-state index in [1.54, 1.807) is 0 Å². The molecule has 26 heavy (non-hydrogen) atoms. The largest absolute Gasteiger partial charge is 0.356 e. The van der Waals surface area contributed by atoms with Gasteiger partial charge in [-0.25, -0.2) is 9.67 Å². The van der Waals surface area contributed by atoms with Crippen LogP contribution in [0.15, 0.2) is 35.3 Å². The number of guanidine groups is 1. The van der Waals surface area contributed by atoms with Crippen molar-refractivity contribution in [1.82, 2.24) is 25.4 Å². The van der Waals surface area contributed by atoms with Crippen LogP contribution in [-0.2, 0) is 13.0 Å². The molecule has 6 nitrogen and oxygen atoms in total. The monoisotopic (exact) mass is 466 g/mol. The molecule has 2 aromatic rings. The van der Waals surface area contributed by atoms with Gasteiger partial charge < -0.3 is 10.6 Å². The quantitative estimate of drug-likeness (QED) is 0.413. The summed E-state index contributed by atoms with van der Waals surface area (Å²) in [6, 6.07) is 11.2. The number of aryl methyl sites for hydroxylation is 2. The lowest BCUT2D eigenvalue weighted by Crippen LogP contribution is -2.47. The summed E-state index contributed by atoms with van der Waals surface area (Å²) in [5, 5.41) is 11.5. The second kappa shape index (κ2) is 8.37. The van der Waals surface area contributed by atoms with E-state index in [9.17, 15) is 0 Å². The van der Waals surface area contributed by atoms with E-state index >= 15 is 0 Å². The summed E-state index contributed by atoms with van der Waals surface area (Å²) in [6.45, 7) is 3.78. The van der Waals surface area contributed by atoms with Gasteiger partial charge in [0.2, 0.25) is 0 Å². The fourth-order valence-electron chi connectivity index (χ4n) is 3.75. The summed E-state index contributed by atoms with van der Waals surface area (Å²) in [7, 11) is 1.84. The first-order valence-electron chi connectivity index (χ1n) is 9.15. The molecule has 0 radical (unpaired) electrons. The van der Waals surface area contributed by atoms with Crippen molar-refractivity contribution in [2.45, 2.75) is 44.7 Å². The standard InChI is InChI=1S/C19H26N6.HI/c1-13-22-18-9-8-16(12-25(18)24-13)23-19(20-2)21-11-15-10-17(15)14-6-4-3-5-7-14;/h3-7,15-17H,8-12H2,1-2H3,(H2,20,21,23);1H. The van der Waals surface area contributed by atoms with Crippen LogP contribution in [0.5, 0.6) is 0 Å². The summed E-state index contributed by atoms with van der Waals surface area (Å²) in [4.78, 5) is 8.86. The third-order valence-electron chi connectivity index (χ3n) is 5.21. The van der Waals surface area contributed by atoms with Gasteiger partial charge in [-0.1, -0.05) is 30.3 Å². The van der Waals surface area contributed by atoms with Crippen LogP contribution >= 0.6 is 24.0 Å². The van der Waals surface area contributed by atoms with Gasteiger partial charge in [0.1, 0.15) is 11.6 Å². The van der Waals surface area contributed by atoms with Crippen molar-refractivity contribution >= 4 is 29.9 Å². The molecule has 0 bridgehead atoms. The van der Waals surface area contributed by atoms with E-state index in [2.05, 4.69) is 56.0 Å². The Hall–Kier alpha value is -1.64. The first kappa shape index (κ1) is 19.1. The minimum absolute atomic E-state index is 0. The minimum Gasteiger partial charge on any atom is -0.356 e. The third-order valence-corrected chi connectivity index (χ3v) is 5.21. The highest BCUT2D eigenvalue weighted by atomic mass is 127. The van der Waals surface area contributed by atoms with Gasteiger partial charge in [0, 0.05) is 26.1 Å². The number of rotatable bonds is 4. The van der Waals surface area contributed by atoms with Crippen molar-refractivity contribution in [1.29, 1.82) is 0 Å². The van der Waals surface area contributed by atoms with Crippen LogP contribution in [-0.4, -0.2) is 40.4 Å². The number of aromatic nitrogens is 3. The fraction of sp³-hybridized carbons (Fsp3) is 0.526. The molecule has 140 valence electrons. The molecule has 0 saturated heterocycles. The summed E-state index contributed by atoms with van der Waals surface area (Å²) in [5.41, 5.74) is 1.46. The van der Waals surface area contributed by atoms with E-state index in [0.29, 0.717) is 17.9 Å². The minimum atomic E-state index is 0. The second-order valence-electron chi connectivity index (χ2n) is 7.10. The smallest absolute Gasteiger partial charge is 0.191 e. The van der Waals surface area contributed by atoms with Crippen LogP contribution in [0.1, 0.15) is 36.0 Å². The first-order valence-corrected chi connectivity index (χ1v) is 9.15. The van der Waals surface area contributed by atoms with Crippen molar-refractivity contribution in [2.75, 3.05) is 13.6 Å². The van der Waals surface area contributed by atoms with Gasteiger partial charge in [-0.2, -0.15) is 5.10 Å². The topological polar surface area (TPSA) is 67.1 Å². The predicted molar refractivity (Wildman–Crippen MR) is 114 cm³/mol. The Kier molecular flexibility index (Phi) is 6.16. The first-order chi connectivity index (χ1) is 12.2. The highest BCUT2D eigenvalue weighted by molar-refractivity contribution is 14.0. The Morgan fingerprint density at radius 1 is 1.31 bits per heavy atom. The van der Waals surface area contributed by atoms with E-state index in [4.69, 9.17) is 0 Å². The molecule has 2 N–H and O–H groups in total. The number of benzene rings is 1. The number of hydrogen-bond acceptors (Lipinski definition) is 3. The molecule has 1 aliphatic carbocycles. The molecule has 1 aliphatic heterocycles. The Morgan fingerprint density at radius 3 is 2.88 bits per heavy atom. The molecule has 1 fully saturated rings. The van der Waals surface area contributed by atoms with Gasteiger partial charge in [0.25, 0.3) is 0 Å². The molecule has 7 heteroatoms. The molecule has 3 atom stereocenters. The van der Waals surface area contributed by atoms with E-state index in [1.165, 1.54) is 12.0 Å². The zero-order valence-corrected chi connectivity index (χ0v) is 17.7. The predicted octanol–water partition coefficient (Wildman–Crippen LogP) is 2.49. The zero-order valence-electron chi connectivity index (χ0n) is 15.4. The molecule has 3 unspecified atom stereocenters. The highest BCUT2D eigenvalue weighted by Crippen LogP contribution is 2.46. The van der Waals surface area contributed by atoms with Gasteiger partial charge in [0.15, 0.2) is 5.96 Å². The van der Waals surface area contributed by atoms with Crippen molar-refractivity contribution < 1.29 is 0 Å². The van der Waals surface area contributed by atoms with Crippen LogP contribution in [0.25, 0.3) is 0 Å². The molecule has 2 aliphatic rings. The number of nitrogens with one attached hydrogen (secondary N) is 2. The number of halogens is 1. The summed E-state index contributed by atoms with van der Waals surface area (Å²) >= 11 is 0. The van der Waals surface area contributed by atoms with Crippen LogP contribution in [0.2, 0.25) is 0 Å². The summed E-state index contributed by atoms with van der Waals surface area (Å²) < 4.78 is 2.02. The number of fused-ring (bicyclic) bond motifs is 1. The van der Waals surface area contributed by atoms with E-state index in [0.717, 1.165) is 43.5 Å². The number of nitrogens with zero attached hydrogens (tertiary/aromatic N) is 4. The zero-order chi connectivity index (χ0) is 17.2. The Bertz CT molecular complexity index is 757. The number of aliphatic imine (C=N–C) groups is 1. The van der Waals surface area contributed by atoms with E-state index in [1.807, 2.05) is 18.7 Å². The lowest BCUT2D eigenvalue weighted by molar-refractivity contribution is 0.392. The van der Waals surface area contributed by atoms with Gasteiger partial charge >= 0.3 is 0 Å². The van der Waals surface area contributed by atoms with Crippen molar-refractivity contribution in [3.05, 3.63) is 47.5 Å². The fourth-order valence-corrected chi connectivity index (χ4v) is 3.75. The van der Waals surface area contributed by atoms with E-state index in [-0.39, 0.29) is 24.0 Å². The van der Waals surface area contributed by atoms with Crippen LogP contribution < -0.4 is 10.6 Å². The Morgan fingerprint density at radius 2 is 2.12 bits per heavy atom. The van der Waals surface area contributed by atoms with Crippen LogP contribution in [0, 0.1) is 12.8 Å². The van der Waals surface area contributed by atoms with Crippen LogP contribution in [0.4, 0.5) is 0 Å². The van der Waals surface area contributed by atoms with Gasteiger partial charge in [-0.3, -0.25) is 4.99 Å².